The topological polar surface area (TPSA) is 61.0 Å². The molecule has 0 aliphatic rings. The second-order valence-electron chi connectivity index (χ2n) is 3.59. The lowest BCUT2D eigenvalue weighted by molar-refractivity contribution is 0.0181. The molecule has 0 saturated heterocycles. The smallest absolute Gasteiger partial charge is 0.112 e. The van der Waals surface area contributed by atoms with Crippen LogP contribution >= 0.6 is 11.9 Å². The molecule has 1 rings (SSSR count). The van der Waals surface area contributed by atoms with Crippen LogP contribution in [0.3, 0.4) is 0 Å². The Hall–Kier alpha value is -0.650. The molecule has 2 N–H and O–H groups in total. The number of aryl methyl sites for hydroxylation is 1. The molecule has 0 aromatic carbocycles. The zero-order valence-electron chi connectivity index (χ0n) is 9.30. The lowest BCUT2D eigenvalue weighted by atomic mass is 10.3. The third kappa shape index (κ3) is 4.15. The van der Waals surface area contributed by atoms with Crippen LogP contribution in [0.25, 0.3) is 0 Å². The summed E-state index contributed by atoms with van der Waals surface area (Å²) in [6.45, 7) is 5.90. The van der Waals surface area contributed by atoms with Gasteiger partial charge in [0.1, 0.15) is 6.10 Å². The van der Waals surface area contributed by atoms with Gasteiger partial charge in [-0.05, 0) is 20.8 Å². The highest BCUT2D eigenvalue weighted by atomic mass is 32.2. The fourth-order valence-electron chi connectivity index (χ4n) is 1.18. The van der Waals surface area contributed by atoms with Gasteiger partial charge in [-0.25, -0.2) is 0 Å². The zero-order chi connectivity index (χ0) is 11.3. The van der Waals surface area contributed by atoms with Crippen LogP contribution in [-0.4, -0.2) is 21.8 Å². The summed E-state index contributed by atoms with van der Waals surface area (Å²) in [6.07, 6.45) is 3.57. The minimum Gasteiger partial charge on any atom is -0.368 e. The fraction of sp³-hybridized carbons (Fsp3) is 0.600. The number of aromatic nitrogens is 2. The van der Waals surface area contributed by atoms with E-state index >= 15 is 0 Å². The van der Waals surface area contributed by atoms with E-state index < -0.39 is 0 Å². The van der Waals surface area contributed by atoms with Crippen molar-refractivity contribution in [1.29, 1.82) is 0 Å². The first-order valence-electron chi connectivity index (χ1n) is 4.89. The van der Waals surface area contributed by atoms with Crippen molar-refractivity contribution < 1.29 is 4.74 Å². The van der Waals surface area contributed by atoms with Gasteiger partial charge >= 0.3 is 0 Å². The van der Waals surface area contributed by atoms with Crippen LogP contribution in [0.2, 0.25) is 0 Å². The van der Waals surface area contributed by atoms with E-state index in [2.05, 4.69) is 9.97 Å². The standard InChI is InChI=1S/C10H17N3OS/c1-7(2)14-10(6-15-11)9-5-12-8(3)4-13-9/h4-5,7,10H,6,11H2,1-3H3. The molecule has 84 valence electrons. The SMILES string of the molecule is Cc1cnc(C(CSN)OC(C)C)cn1. The van der Waals surface area contributed by atoms with Gasteiger partial charge in [0.2, 0.25) is 0 Å². The molecule has 1 heterocycles. The first-order chi connectivity index (χ1) is 7.13. The van der Waals surface area contributed by atoms with E-state index in [1.807, 2.05) is 20.8 Å². The van der Waals surface area contributed by atoms with Crippen molar-refractivity contribution in [2.24, 2.45) is 5.14 Å². The number of hydrogen-bond donors (Lipinski definition) is 1. The minimum absolute atomic E-state index is 0.0758. The van der Waals surface area contributed by atoms with Crippen molar-refractivity contribution in [2.75, 3.05) is 5.75 Å². The summed E-state index contributed by atoms with van der Waals surface area (Å²) in [5.74, 6) is 0.690. The number of nitrogens with zero attached hydrogens (tertiary/aromatic N) is 2. The second kappa shape index (κ2) is 6.05. The molecule has 0 aliphatic heterocycles. The average molecular weight is 227 g/mol. The van der Waals surface area contributed by atoms with Gasteiger partial charge in [0.25, 0.3) is 0 Å². The summed E-state index contributed by atoms with van der Waals surface area (Å²) in [5, 5.41) is 5.46. The molecule has 0 bridgehead atoms. The van der Waals surface area contributed by atoms with Crippen LogP contribution < -0.4 is 5.14 Å². The number of ether oxygens (including phenoxy) is 1. The highest BCUT2D eigenvalue weighted by molar-refractivity contribution is 7.97. The van der Waals surface area contributed by atoms with Crippen molar-refractivity contribution >= 4 is 11.9 Å². The number of hydrogen-bond acceptors (Lipinski definition) is 5. The highest BCUT2D eigenvalue weighted by Gasteiger charge is 2.15. The van der Waals surface area contributed by atoms with Gasteiger partial charge in [-0.1, -0.05) is 11.9 Å². The zero-order valence-corrected chi connectivity index (χ0v) is 10.1. The maximum absolute atomic E-state index is 5.71. The van der Waals surface area contributed by atoms with Gasteiger partial charge in [0.15, 0.2) is 0 Å². The van der Waals surface area contributed by atoms with E-state index in [0.29, 0.717) is 5.75 Å². The predicted octanol–water partition coefficient (Wildman–Crippen LogP) is 1.86. The Morgan fingerprint density at radius 3 is 2.60 bits per heavy atom. The fourth-order valence-corrected chi connectivity index (χ4v) is 1.60. The lowest BCUT2D eigenvalue weighted by Gasteiger charge is -2.18. The van der Waals surface area contributed by atoms with Crippen molar-refractivity contribution in [3.05, 3.63) is 23.8 Å². The van der Waals surface area contributed by atoms with Gasteiger partial charge in [0, 0.05) is 11.9 Å². The normalized spacial score (nSPS) is 13.1. The molecule has 0 fully saturated rings. The lowest BCUT2D eigenvalue weighted by Crippen LogP contribution is -2.15. The van der Waals surface area contributed by atoms with Crippen LogP contribution in [0.4, 0.5) is 0 Å². The molecule has 0 spiro atoms. The Morgan fingerprint density at radius 2 is 2.13 bits per heavy atom. The van der Waals surface area contributed by atoms with Crippen LogP contribution in [0.5, 0.6) is 0 Å². The molecule has 1 aromatic heterocycles. The summed E-state index contributed by atoms with van der Waals surface area (Å²) < 4.78 is 5.71. The average Bonchev–Trinajstić information content (AvgIpc) is 2.17. The van der Waals surface area contributed by atoms with Gasteiger partial charge in [-0.15, -0.1) is 0 Å². The van der Waals surface area contributed by atoms with E-state index in [4.69, 9.17) is 9.88 Å². The molecule has 4 nitrogen and oxygen atoms in total. The summed E-state index contributed by atoms with van der Waals surface area (Å²) in [4.78, 5) is 8.49. The third-order valence-corrected chi connectivity index (χ3v) is 2.31. The van der Waals surface area contributed by atoms with E-state index in [0.717, 1.165) is 11.4 Å². The maximum atomic E-state index is 5.71. The Labute approximate surface area is 94.8 Å². The molecule has 0 saturated carbocycles. The molecule has 15 heavy (non-hydrogen) atoms. The van der Waals surface area contributed by atoms with Crippen molar-refractivity contribution in [1.82, 2.24) is 9.97 Å². The first-order valence-corrected chi connectivity index (χ1v) is 5.94. The molecule has 1 aromatic rings. The first kappa shape index (κ1) is 12.4. The quantitative estimate of drug-likeness (QED) is 0.778. The van der Waals surface area contributed by atoms with Gasteiger partial charge in [0.05, 0.1) is 23.7 Å². The van der Waals surface area contributed by atoms with Crippen molar-refractivity contribution in [3.63, 3.8) is 0 Å². The Balaban J connectivity index is 2.74. The van der Waals surface area contributed by atoms with Crippen LogP contribution in [-0.2, 0) is 4.74 Å². The van der Waals surface area contributed by atoms with E-state index in [1.165, 1.54) is 11.9 Å². The summed E-state index contributed by atoms with van der Waals surface area (Å²) in [7, 11) is 0. The van der Waals surface area contributed by atoms with Crippen LogP contribution in [0, 0.1) is 6.92 Å². The molecular weight excluding hydrogens is 210 g/mol. The molecule has 5 heteroatoms. The Morgan fingerprint density at radius 1 is 1.40 bits per heavy atom. The van der Waals surface area contributed by atoms with Crippen LogP contribution in [0.15, 0.2) is 12.4 Å². The monoisotopic (exact) mass is 227 g/mol. The van der Waals surface area contributed by atoms with E-state index in [-0.39, 0.29) is 12.2 Å². The molecule has 0 aliphatic carbocycles. The molecule has 1 unspecified atom stereocenters. The Bertz CT molecular complexity index is 289. The summed E-state index contributed by atoms with van der Waals surface area (Å²) >= 11 is 1.26. The van der Waals surface area contributed by atoms with E-state index in [1.54, 1.807) is 12.4 Å². The van der Waals surface area contributed by atoms with Gasteiger partial charge < -0.3 is 4.74 Å². The molecule has 0 amide bonds. The van der Waals surface area contributed by atoms with Crippen LogP contribution in [0.1, 0.15) is 31.3 Å². The van der Waals surface area contributed by atoms with Gasteiger partial charge in [-0.3, -0.25) is 15.1 Å². The highest BCUT2D eigenvalue weighted by Crippen LogP contribution is 2.19. The minimum atomic E-state index is -0.0758. The second-order valence-corrected chi connectivity index (χ2v) is 4.26. The largest absolute Gasteiger partial charge is 0.368 e. The molecular formula is C10H17N3OS. The summed E-state index contributed by atoms with van der Waals surface area (Å²) in [5.41, 5.74) is 1.75. The molecule has 1 atom stereocenters. The van der Waals surface area contributed by atoms with Gasteiger partial charge in [-0.2, -0.15) is 0 Å². The molecule has 0 radical (unpaired) electrons. The van der Waals surface area contributed by atoms with Crippen molar-refractivity contribution in [2.45, 2.75) is 33.0 Å². The maximum Gasteiger partial charge on any atom is 0.112 e. The van der Waals surface area contributed by atoms with E-state index in [9.17, 15) is 0 Å². The third-order valence-electron chi connectivity index (χ3n) is 1.81. The van der Waals surface area contributed by atoms with Crippen molar-refractivity contribution in [3.8, 4) is 0 Å². The summed E-state index contributed by atoms with van der Waals surface area (Å²) in [6, 6.07) is 0. The predicted molar refractivity (Wildman–Crippen MR) is 62.4 cm³/mol. The Kier molecular flexibility index (Phi) is 5.01. The number of rotatable bonds is 5. The number of nitrogens with two attached hydrogens (primary N) is 1.